The van der Waals surface area contributed by atoms with Gasteiger partial charge in [0.2, 0.25) is 0 Å². The van der Waals surface area contributed by atoms with Crippen LogP contribution in [0.3, 0.4) is 0 Å². The van der Waals surface area contributed by atoms with Gasteiger partial charge < -0.3 is 5.11 Å². The van der Waals surface area contributed by atoms with E-state index in [2.05, 4.69) is 51.7 Å². The summed E-state index contributed by atoms with van der Waals surface area (Å²) in [6.07, 6.45) is 1.13. The van der Waals surface area contributed by atoms with Gasteiger partial charge in [0.05, 0.1) is 0 Å². The lowest BCUT2D eigenvalue weighted by Gasteiger charge is -2.24. The van der Waals surface area contributed by atoms with Crippen molar-refractivity contribution < 1.29 is 5.11 Å². The van der Waals surface area contributed by atoms with Crippen molar-refractivity contribution in [2.24, 2.45) is 5.92 Å². The van der Waals surface area contributed by atoms with E-state index in [1.807, 2.05) is 0 Å². The molecule has 1 atom stereocenters. The zero-order valence-electron chi connectivity index (χ0n) is 13.7. The number of nitrogens with zero attached hydrogens (tertiary/aromatic N) is 1. The van der Waals surface area contributed by atoms with Crippen LogP contribution in [-0.2, 0) is 12.0 Å². The van der Waals surface area contributed by atoms with Crippen molar-refractivity contribution in [2.75, 3.05) is 19.7 Å². The molecular weight excluding hydrogens is 246 g/mol. The fraction of sp³-hybridized carbons (Fsp3) is 0.667. The molecule has 2 nitrogen and oxygen atoms in total. The molecule has 0 bridgehead atoms. The summed E-state index contributed by atoms with van der Waals surface area (Å²) < 4.78 is 0. The first-order chi connectivity index (χ1) is 9.31. The number of hydrogen-bond donors (Lipinski definition) is 1. The van der Waals surface area contributed by atoms with Crippen molar-refractivity contribution in [2.45, 2.75) is 53.0 Å². The highest BCUT2D eigenvalue weighted by Gasteiger charge is 2.23. The molecule has 2 heteroatoms. The fourth-order valence-corrected chi connectivity index (χ4v) is 3.10. The van der Waals surface area contributed by atoms with Crippen LogP contribution < -0.4 is 0 Å². The van der Waals surface area contributed by atoms with Crippen LogP contribution >= 0.6 is 0 Å². The average molecular weight is 275 g/mol. The summed E-state index contributed by atoms with van der Waals surface area (Å²) in [7, 11) is 0. The van der Waals surface area contributed by atoms with Gasteiger partial charge in [0.25, 0.3) is 0 Å². The Kier molecular flexibility index (Phi) is 4.55. The highest BCUT2D eigenvalue weighted by Crippen LogP contribution is 2.28. The monoisotopic (exact) mass is 275 g/mol. The number of aryl methyl sites for hydroxylation is 2. The Bertz CT molecular complexity index is 450. The van der Waals surface area contributed by atoms with Crippen LogP contribution in [0.25, 0.3) is 0 Å². The Morgan fingerprint density at radius 2 is 1.80 bits per heavy atom. The molecule has 1 saturated heterocycles. The van der Waals surface area contributed by atoms with Gasteiger partial charge in [0.1, 0.15) is 0 Å². The fourth-order valence-electron chi connectivity index (χ4n) is 3.10. The second-order valence-electron chi connectivity index (χ2n) is 7.41. The highest BCUT2D eigenvalue weighted by atomic mass is 16.3. The van der Waals surface area contributed by atoms with Crippen LogP contribution in [0.2, 0.25) is 0 Å². The molecule has 0 spiro atoms. The Balaban J connectivity index is 2.17. The Hall–Kier alpha value is -0.860. The smallest absolute Gasteiger partial charge is 0.0471 e. The third-order valence-electron chi connectivity index (χ3n) is 4.57. The summed E-state index contributed by atoms with van der Waals surface area (Å²) in [6.45, 7) is 14.8. The molecule has 0 saturated carbocycles. The maximum absolute atomic E-state index is 9.26. The zero-order valence-corrected chi connectivity index (χ0v) is 13.7. The standard InChI is InChI=1S/C18H29NO/c1-13-8-16(18(3,4)5)9-14(2)17(13)11-19-7-6-15(10-19)12-20/h8-9,15,20H,6-7,10-12H2,1-5H3. The van der Waals surface area contributed by atoms with E-state index in [-0.39, 0.29) is 5.41 Å². The van der Waals surface area contributed by atoms with Crippen molar-refractivity contribution in [3.05, 3.63) is 34.4 Å². The molecule has 1 aromatic carbocycles. The second-order valence-corrected chi connectivity index (χ2v) is 7.41. The van der Waals surface area contributed by atoms with Gasteiger partial charge >= 0.3 is 0 Å². The van der Waals surface area contributed by atoms with Crippen molar-refractivity contribution in [1.82, 2.24) is 4.90 Å². The van der Waals surface area contributed by atoms with Crippen molar-refractivity contribution in [3.8, 4) is 0 Å². The molecule has 112 valence electrons. The lowest BCUT2D eigenvalue weighted by atomic mass is 9.84. The minimum absolute atomic E-state index is 0.212. The summed E-state index contributed by atoms with van der Waals surface area (Å²) >= 11 is 0. The lowest BCUT2D eigenvalue weighted by Crippen LogP contribution is -2.22. The topological polar surface area (TPSA) is 23.5 Å². The van der Waals surface area contributed by atoms with Gasteiger partial charge in [-0.15, -0.1) is 0 Å². The molecule has 1 aliphatic heterocycles. The normalized spacial score (nSPS) is 20.6. The van der Waals surface area contributed by atoms with Gasteiger partial charge in [-0.1, -0.05) is 32.9 Å². The van der Waals surface area contributed by atoms with Gasteiger partial charge in [0.15, 0.2) is 0 Å². The molecule has 1 unspecified atom stereocenters. The van der Waals surface area contributed by atoms with Crippen LogP contribution in [0.5, 0.6) is 0 Å². The van der Waals surface area contributed by atoms with Gasteiger partial charge in [0, 0.05) is 19.7 Å². The van der Waals surface area contributed by atoms with E-state index >= 15 is 0 Å². The van der Waals surface area contributed by atoms with Crippen molar-refractivity contribution in [1.29, 1.82) is 0 Å². The molecule has 0 radical (unpaired) electrons. The predicted octanol–water partition coefficient (Wildman–Crippen LogP) is 3.42. The quantitative estimate of drug-likeness (QED) is 0.913. The number of benzene rings is 1. The van der Waals surface area contributed by atoms with Crippen LogP contribution in [0, 0.1) is 19.8 Å². The molecule has 1 aromatic rings. The Morgan fingerprint density at radius 3 is 2.25 bits per heavy atom. The van der Waals surface area contributed by atoms with Crippen LogP contribution in [0.1, 0.15) is 49.4 Å². The third kappa shape index (κ3) is 3.42. The first-order valence-corrected chi connectivity index (χ1v) is 7.75. The largest absolute Gasteiger partial charge is 0.396 e. The number of rotatable bonds is 3. The van der Waals surface area contributed by atoms with Crippen molar-refractivity contribution in [3.63, 3.8) is 0 Å². The number of aliphatic hydroxyl groups excluding tert-OH is 1. The molecule has 1 heterocycles. The molecule has 0 aromatic heterocycles. The summed E-state index contributed by atoms with van der Waals surface area (Å²) in [5.41, 5.74) is 5.91. The Morgan fingerprint density at radius 1 is 1.20 bits per heavy atom. The molecular formula is C18H29NO. The molecule has 1 N–H and O–H groups in total. The molecule has 2 rings (SSSR count). The van der Waals surface area contributed by atoms with Crippen LogP contribution in [-0.4, -0.2) is 29.7 Å². The van der Waals surface area contributed by atoms with Crippen LogP contribution in [0.15, 0.2) is 12.1 Å². The number of hydrogen-bond acceptors (Lipinski definition) is 2. The van der Waals surface area contributed by atoms with E-state index in [9.17, 15) is 5.11 Å². The Labute approximate surface area is 123 Å². The lowest BCUT2D eigenvalue weighted by molar-refractivity contribution is 0.220. The van der Waals surface area contributed by atoms with E-state index in [4.69, 9.17) is 0 Å². The second kappa shape index (κ2) is 5.87. The molecule has 1 fully saturated rings. The van der Waals surface area contributed by atoms with E-state index in [0.29, 0.717) is 12.5 Å². The van der Waals surface area contributed by atoms with E-state index in [0.717, 1.165) is 26.1 Å². The minimum Gasteiger partial charge on any atom is -0.396 e. The van der Waals surface area contributed by atoms with E-state index < -0.39 is 0 Å². The maximum Gasteiger partial charge on any atom is 0.0471 e. The first-order valence-electron chi connectivity index (χ1n) is 7.75. The minimum atomic E-state index is 0.212. The average Bonchev–Trinajstić information content (AvgIpc) is 2.80. The maximum atomic E-state index is 9.26. The molecule has 1 aliphatic rings. The summed E-state index contributed by atoms with van der Waals surface area (Å²) in [5, 5.41) is 9.26. The zero-order chi connectivity index (χ0) is 14.9. The molecule has 20 heavy (non-hydrogen) atoms. The first kappa shape index (κ1) is 15.5. The van der Waals surface area contributed by atoms with Gasteiger partial charge in [-0.05, 0) is 60.4 Å². The number of aliphatic hydroxyl groups is 1. The number of likely N-dealkylation sites (tertiary alicyclic amines) is 1. The summed E-state index contributed by atoms with van der Waals surface area (Å²) in [5.74, 6) is 0.476. The van der Waals surface area contributed by atoms with Gasteiger partial charge in [-0.2, -0.15) is 0 Å². The predicted molar refractivity (Wildman–Crippen MR) is 85.1 cm³/mol. The molecule has 0 aliphatic carbocycles. The van der Waals surface area contributed by atoms with Gasteiger partial charge in [-0.3, -0.25) is 4.90 Å². The SMILES string of the molecule is Cc1cc(C(C)(C)C)cc(C)c1CN1CCC(CO)C1. The van der Waals surface area contributed by atoms with E-state index in [1.165, 1.54) is 22.3 Å². The third-order valence-corrected chi connectivity index (χ3v) is 4.57. The van der Waals surface area contributed by atoms with Crippen LogP contribution in [0.4, 0.5) is 0 Å². The highest BCUT2D eigenvalue weighted by molar-refractivity contribution is 5.40. The summed E-state index contributed by atoms with van der Waals surface area (Å²) in [4.78, 5) is 2.48. The van der Waals surface area contributed by atoms with Gasteiger partial charge in [-0.25, -0.2) is 0 Å². The van der Waals surface area contributed by atoms with Crippen molar-refractivity contribution >= 4 is 0 Å². The van der Waals surface area contributed by atoms with E-state index in [1.54, 1.807) is 0 Å². The molecule has 0 amide bonds. The summed E-state index contributed by atoms with van der Waals surface area (Å²) in [6, 6.07) is 4.70.